The molecular weight excluding hydrogens is 354 g/mol. The van der Waals surface area contributed by atoms with Gasteiger partial charge in [-0.05, 0) is 35.4 Å². The van der Waals surface area contributed by atoms with Gasteiger partial charge in [-0.3, -0.25) is 14.6 Å². The molecule has 0 bridgehead atoms. The lowest BCUT2D eigenvalue weighted by Gasteiger charge is -2.09. The van der Waals surface area contributed by atoms with E-state index in [-0.39, 0.29) is 12.0 Å². The summed E-state index contributed by atoms with van der Waals surface area (Å²) in [5.74, 6) is 1.01. The zero-order valence-electron chi connectivity index (χ0n) is 15.0. The van der Waals surface area contributed by atoms with Crippen LogP contribution < -0.4 is 15.5 Å². The van der Waals surface area contributed by atoms with Crippen molar-refractivity contribution in [2.45, 2.75) is 12.6 Å². The first-order valence-corrected chi connectivity index (χ1v) is 8.91. The summed E-state index contributed by atoms with van der Waals surface area (Å²) < 4.78 is 5.66. The van der Waals surface area contributed by atoms with Crippen LogP contribution in [0.5, 0.6) is 5.75 Å². The van der Waals surface area contributed by atoms with E-state index in [4.69, 9.17) is 9.57 Å². The maximum atomic E-state index is 12.3. The molecule has 1 aliphatic heterocycles. The van der Waals surface area contributed by atoms with Crippen LogP contribution in [0.2, 0.25) is 0 Å². The number of hydrogen-bond donors (Lipinski definition) is 2. The minimum atomic E-state index is -0.298. The van der Waals surface area contributed by atoms with Crippen LogP contribution in [-0.2, 0) is 11.4 Å². The highest BCUT2D eigenvalue weighted by Crippen LogP contribution is 2.25. The van der Waals surface area contributed by atoms with Gasteiger partial charge in [0.2, 0.25) is 5.88 Å². The Morgan fingerprint density at radius 3 is 2.64 bits per heavy atom. The molecule has 2 heterocycles. The first-order chi connectivity index (χ1) is 13.8. The number of amides is 1. The molecule has 0 saturated carbocycles. The van der Waals surface area contributed by atoms with Crippen LogP contribution in [0.25, 0.3) is 0 Å². The molecule has 2 N–H and O–H groups in total. The van der Waals surface area contributed by atoms with Crippen LogP contribution in [0.15, 0.2) is 91.1 Å². The minimum Gasteiger partial charge on any atom is -0.438 e. The van der Waals surface area contributed by atoms with E-state index < -0.39 is 0 Å². The van der Waals surface area contributed by atoms with E-state index in [2.05, 4.69) is 15.8 Å². The molecule has 3 aromatic rings. The van der Waals surface area contributed by atoms with Crippen molar-refractivity contribution < 1.29 is 14.4 Å². The molecule has 140 valence electrons. The van der Waals surface area contributed by atoms with Gasteiger partial charge in [0.05, 0.1) is 6.20 Å². The number of carbonyl (C=O) groups is 1. The van der Waals surface area contributed by atoms with Gasteiger partial charge in [0, 0.05) is 24.4 Å². The van der Waals surface area contributed by atoms with Crippen molar-refractivity contribution in [2.75, 3.05) is 0 Å². The van der Waals surface area contributed by atoms with Gasteiger partial charge in [0.15, 0.2) is 0 Å². The topological polar surface area (TPSA) is 72.5 Å². The third-order valence-corrected chi connectivity index (χ3v) is 4.25. The number of hydroxylamine groups is 1. The van der Waals surface area contributed by atoms with E-state index in [0.29, 0.717) is 23.7 Å². The van der Waals surface area contributed by atoms with Crippen LogP contribution in [0.4, 0.5) is 0 Å². The quantitative estimate of drug-likeness (QED) is 0.692. The number of rotatable bonds is 6. The molecule has 6 heteroatoms. The molecule has 0 radical (unpaired) electrons. The third kappa shape index (κ3) is 4.36. The second kappa shape index (κ2) is 8.37. The number of aromatic nitrogens is 1. The third-order valence-electron chi connectivity index (χ3n) is 4.25. The van der Waals surface area contributed by atoms with Crippen molar-refractivity contribution in [3.63, 3.8) is 0 Å². The molecule has 28 heavy (non-hydrogen) atoms. The van der Waals surface area contributed by atoms with Gasteiger partial charge < -0.3 is 10.1 Å². The van der Waals surface area contributed by atoms with E-state index >= 15 is 0 Å². The van der Waals surface area contributed by atoms with Crippen molar-refractivity contribution in [3.05, 3.63) is 108 Å². The van der Waals surface area contributed by atoms with Crippen LogP contribution in [-0.4, -0.2) is 10.9 Å². The SMILES string of the molecule is O=C(NCc1ccccc1)c1ccc([C@H]2C=C(Oc3cccnc3)NO2)cc1. The Bertz CT molecular complexity index is 957. The second-order valence-corrected chi connectivity index (χ2v) is 6.25. The average Bonchev–Trinajstić information content (AvgIpc) is 3.22. The van der Waals surface area contributed by atoms with E-state index in [9.17, 15) is 4.79 Å². The molecule has 4 rings (SSSR count). The van der Waals surface area contributed by atoms with E-state index in [1.807, 2.05) is 54.6 Å². The molecule has 2 aromatic carbocycles. The Kier molecular flexibility index (Phi) is 5.31. The van der Waals surface area contributed by atoms with Crippen LogP contribution in [0.3, 0.4) is 0 Å². The maximum Gasteiger partial charge on any atom is 0.251 e. The fourth-order valence-corrected chi connectivity index (χ4v) is 2.79. The lowest BCUT2D eigenvalue weighted by Crippen LogP contribution is -2.22. The van der Waals surface area contributed by atoms with Gasteiger partial charge >= 0.3 is 0 Å². The number of nitrogens with zero attached hydrogens (tertiary/aromatic N) is 1. The lowest BCUT2D eigenvalue weighted by molar-refractivity contribution is 0.0273. The Morgan fingerprint density at radius 2 is 1.89 bits per heavy atom. The zero-order chi connectivity index (χ0) is 19.2. The molecule has 0 spiro atoms. The maximum absolute atomic E-state index is 12.3. The first-order valence-electron chi connectivity index (χ1n) is 8.91. The molecule has 1 aromatic heterocycles. The summed E-state index contributed by atoms with van der Waals surface area (Å²) >= 11 is 0. The normalized spacial score (nSPS) is 15.4. The van der Waals surface area contributed by atoms with Gasteiger partial charge in [-0.25, -0.2) is 5.48 Å². The van der Waals surface area contributed by atoms with Crippen molar-refractivity contribution >= 4 is 5.91 Å². The molecule has 1 atom stereocenters. The van der Waals surface area contributed by atoms with Gasteiger partial charge in [-0.15, -0.1) is 0 Å². The predicted molar refractivity (Wildman–Crippen MR) is 104 cm³/mol. The molecule has 0 aliphatic carbocycles. The standard InChI is InChI=1S/C22H19N3O3/c26-22(24-14-16-5-2-1-3-6-16)18-10-8-17(9-11-18)20-13-21(25-28-20)27-19-7-4-12-23-15-19/h1-13,15,20,25H,14H2,(H,24,26)/t20-/m1/s1. The number of benzene rings is 2. The molecule has 0 unspecified atom stereocenters. The fourth-order valence-electron chi connectivity index (χ4n) is 2.79. The molecule has 6 nitrogen and oxygen atoms in total. The van der Waals surface area contributed by atoms with Crippen LogP contribution in [0.1, 0.15) is 27.6 Å². The number of pyridine rings is 1. The second-order valence-electron chi connectivity index (χ2n) is 6.25. The van der Waals surface area contributed by atoms with E-state index in [0.717, 1.165) is 11.1 Å². The van der Waals surface area contributed by atoms with Crippen molar-refractivity contribution in [2.24, 2.45) is 0 Å². The van der Waals surface area contributed by atoms with Gasteiger partial charge in [0.1, 0.15) is 11.9 Å². The summed E-state index contributed by atoms with van der Waals surface area (Å²) in [5.41, 5.74) is 5.33. The van der Waals surface area contributed by atoms with Crippen LogP contribution in [0, 0.1) is 0 Å². The smallest absolute Gasteiger partial charge is 0.251 e. The Labute approximate surface area is 162 Å². The Balaban J connectivity index is 1.36. The summed E-state index contributed by atoms with van der Waals surface area (Å²) in [4.78, 5) is 21.9. The molecule has 1 amide bonds. The number of nitrogens with one attached hydrogen (secondary N) is 2. The van der Waals surface area contributed by atoms with Crippen molar-refractivity contribution in [1.29, 1.82) is 0 Å². The van der Waals surface area contributed by atoms with Crippen molar-refractivity contribution in [3.8, 4) is 5.75 Å². The highest BCUT2D eigenvalue weighted by atomic mass is 16.7. The van der Waals surface area contributed by atoms with Crippen LogP contribution >= 0.6 is 0 Å². The van der Waals surface area contributed by atoms with Gasteiger partial charge in [-0.2, -0.15) is 0 Å². The predicted octanol–water partition coefficient (Wildman–Crippen LogP) is 3.51. The highest BCUT2D eigenvalue weighted by Gasteiger charge is 2.20. The molecular formula is C22H19N3O3. The summed E-state index contributed by atoms with van der Waals surface area (Å²) in [5, 5.41) is 2.92. The molecule has 1 aliphatic rings. The first kappa shape index (κ1) is 17.8. The van der Waals surface area contributed by atoms with E-state index in [1.54, 1.807) is 30.6 Å². The van der Waals surface area contributed by atoms with Gasteiger partial charge in [-0.1, -0.05) is 42.5 Å². The summed E-state index contributed by atoms with van der Waals surface area (Å²) in [6.45, 7) is 0.495. The summed E-state index contributed by atoms with van der Waals surface area (Å²) in [6, 6.07) is 20.7. The fraction of sp³-hybridized carbons (Fsp3) is 0.0909. The Hall–Kier alpha value is -3.64. The number of ether oxygens (including phenoxy) is 1. The Morgan fingerprint density at radius 1 is 1.07 bits per heavy atom. The van der Waals surface area contributed by atoms with Crippen molar-refractivity contribution in [1.82, 2.24) is 15.8 Å². The van der Waals surface area contributed by atoms with Gasteiger partial charge in [0.25, 0.3) is 5.91 Å². The minimum absolute atomic E-state index is 0.114. The largest absolute Gasteiger partial charge is 0.438 e. The number of carbonyl (C=O) groups excluding carboxylic acids is 1. The summed E-state index contributed by atoms with van der Waals surface area (Å²) in [7, 11) is 0. The molecule has 0 saturated heterocycles. The highest BCUT2D eigenvalue weighted by molar-refractivity contribution is 5.94. The lowest BCUT2D eigenvalue weighted by atomic mass is 10.1. The summed E-state index contributed by atoms with van der Waals surface area (Å²) in [6.07, 6.45) is 4.84. The van der Waals surface area contributed by atoms with E-state index in [1.165, 1.54) is 0 Å². The monoisotopic (exact) mass is 373 g/mol. The number of hydrogen-bond acceptors (Lipinski definition) is 5. The average molecular weight is 373 g/mol. The molecule has 0 fully saturated rings. The zero-order valence-corrected chi connectivity index (χ0v) is 15.0.